The minimum absolute atomic E-state index is 0.138. The van der Waals surface area contributed by atoms with Crippen molar-refractivity contribution in [3.05, 3.63) is 95.1 Å². The smallest absolute Gasteiger partial charge is 0.413 e. The van der Waals surface area contributed by atoms with Crippen LogP contribution in [0.2, 0.25) is 0 Å². The van der Waals surface area contributed by atoms with Gasteiger partial charge in [0.15, 0.2) is 12.3 Å². The monoisotopic (exact) mass is 607 g/mol. The summed E-state index contributed by atoms with van der Waals surface area (Å²) in [7, 11) is 0. The molecule has 2 aromatic carbocycles. The van der Waals surface area contributed by atoms with Gasteiger partial charge in [-0.25, -0.2) is 14.4 Å². The molecule has 3 aromatic rings. The summed E-state index contributed by atoms with van der Waals surface area (Å²) in [6, 6.07) is 15.7. The van der Waals surface area contributed by atoms with E-state index in [9.17, 15) is 34.5 Å². The van der Waals surface area contributed by atoms with Crippen molar-refractivity contribution in [2.45, 2.75) is 50.0 Å². The van der Waals surface area contributed by atoms with Gasteiger partial charge in [-0.3, -0.25) is 14.7 Å². The van der Waals surface area contributed by atoms with Gasteiger partial charge in [-0.15, -0.1) is 0 Å². The number of ether oxygens (including phenoxy) is 2. The zero-order valence-corrected chi connectivity index (χ0v) is 23.7. The Morgan fingerprint density at radius 1 is 1.11 bits per heavy atom. The van der Waals surface area contributed by atoms with E-state index in [0.717, 1.165) is 21.3 Å². The summed E-state index contributed by atoms with van der Waals surface area (Å²) in [5, 5.41) is 33.6. The Kier molecular flexibility index (Phi) is 10.2. The first-order valence-electron chi connectivity index (χ1n) is 13.6. The van der Waals surface area contributed by atoms with Crippen molar-refractivity contribution in [3.63, 3.8) is 0 Å². The van der Waals surface area contributed by atoms with Crippen LogP contribution >= 0.6 is 0 Å². The second-order valence-electron chi connectivity index (χ2n) is 10.2. The molecule has 1 aromatic heterocycles. The molecule has 2 heterocycles. The fourth-order valence-corrected chi connectivity index (χ4v) is 4.58. The summed E-state index contributed by atoms with van der Waals surface area (Å²) < 4.78 is 11.6. The summed E-state index contributed by atoms with van der Waals surface area (Å²) in [5.41, 5.74) is 8.11. The van der Waals surface area contributed by atoms with Gasteiger partial charge in [-0.05, 0) is 36.1 Å². The van der Waals surface area contributed by atoms with Crippen LogP contribution in [-0.4, -0.2) is 79.8 Å². The Hall–Kier alpha value is -4.89. The summed E-state index contributed by atoms with van der Waals surface area (Å²) in [6.45, 7) is 4.46. The molecule has 0 radical (unpaired) electrons. The van der Waals surface area contributed by atoms with Crippen molar-refractivity contribution in [1.29, 1.82) is 0 Å². The van der Waals surface area contributed by atoms with E-state index in [4.69, 9.17) is 15.2 Å². The second kappa shape index (κ2) is 14.1. The fourth-order valence-electron chi connectivity index (χ4n) is 4.58. The molecule has 1 aliphatic rings. The molecule has 0 bridgehead atoms. The highest BCUT2D eigenvalue weighted by molar-refractivity contribution is 5.88. The zero-order chi connectivity index (χ0) is 32.0. The number of anilines is 1. The predicted octanol–water partition coefficient (Wildman–Crippen LogP) is 0.794. The molecule has 4 rings (SSSR count). The highest BCUT2D eigenvalue weighted by atomic mass is 16.6. The maximum atomic E-state index is 12.7. The molecule has 14 heteroatoms. The van der Waals surface area contributed by atoms with Gasteiger partial charge < -0.3 is 35.8 Å². The topological polar surface area (TPSA) is 215 Å². The highest BCUT2D eigenvalue weighted by Crippen LogP contribution is 2.31. The highest BCUT2D eigenvalue weighted by Gasteiger charge is 2.38. The van der Waals surface area contributed by atoms with E-state index in [0.29, 0.717) is 0 Å². The summed E-state index contributed by atoms with van der Waals surface area (Å²) >= 11 is 0. The van der Waals surface area contributed by atoms with E-state index in [-0.39, 0.29) is 17.8 Å². The SMILES string of the molecule is C=C1[C@H](n2ccc(NC(=O)O[C@@H](C)[C@@H](NC(=O)[C@@H](N)Cc3ccc(-c4ccccc4)cc3)C(=O)O)nc2=O)O[C@H](CO)[C@H]1O. The summed E-state index contributed by atoms with van der Waals surface area (Å²) in [6.07, 6.45) is -4.34. The van der Waals surface area contributed by atoms with E-state index in [2.05, 4.69) is 22.2 Å². The Bertz CT molecular complexity index is 1560. The van der Waals surface area contributed by atoms with E-state index in [1.54, 1.807) is 0 Å². The number of carboxylic acid groups (broad SMARTS) is 1. The molecule has 7 N–H and O–H groups in total. The number of aliphatic hydroxyl groups is 2. The first kappa shape index (κ1) is 32.0. The van der Waals surface area contributed by atoms with Crippen molar-refractivity contribution in [2.24, 2.45) is 5.73 Å². The molecule has 1 aliphatic heterocycles. The molecule has 232 valence electrons. The number of benzene rings is 2. The van der Waals surface area contributed by atoms with Gasteiger partial charge in [0.25, 0.3) is 0 Å². The average molecular weight is 608 g/mol. The third kappa shape index (κ3) is 7.54. The van der Waals surface area contributed by atoms with Crippen molar-refractivity contribution in [1.82, 2.24) is 14.9 Å². The number of nitrogens with zero attached hydrogens (tertiary/aromatic N) is 2. The number of carbonyl (C=O) groups excluding carboxylic acids is 2. The number of aliphatic carboxylic acids is 1. The normalized spacial score (nSPS) is 19.9. The standard InChI is InChI=1S/C30H33N5O9/c1-16-25(37)22(15-36)44-27(16)35-13-12-23(32-29(35)41)33-30(42)43-17(2)24(28(39)40)34-26(38)21(31)14-18-8-10-20(11-9-18)19-6-4-3-5-7-19/h3-13,17,21-22,24-25,27,36-37H,1,14-15,31H2,2H3,(H,34,38)(H,39,40)(H,32,33,41,42)/t17-,21-,22+,24+,25-,27+/m0/s1. The number of aliphatic hydroxyl groups excluding tert-OH is 2. The van der Waals surface area contributed by atoms with Gasteiger partial charge in [0.2, 0.25) is 5.91 Å². The van der Waals surface area contributed by atoms with Crippen LogP contribution in [0.25, 0.3) is 11.1 Å². The van der Waals surface area contributed by atoms with Gasteiger partial charge in [0.1, 0.15) is 24.1 Å². The number of nitrogens with one attached hydrogen (secondary N) is 2. The minimum Gasteiger partial charge on any atom is -0.480 e. The molecule has 1 fully saturated rings. The summed E-state index contributed by atoms with van der Waals surface area (Å²) in [5.74, 6) is -2.43. The maximum Gasteiger partial charge on any atom is 0.413 e. The summed E-state index contributed by atoms with van der Waals surface area (Å²) in [4.78, 5) is 53.3. The Morgan fingerprint density at radius 2 is 1.77 bits per heavy atom. The molecule has 1 saturated heterocycles. The number of rotatable bonds is 11. The molecule has 2 amide bonds. The maximum absolute atomic E-state index is 12.7. The Labute approximate surface area is 251 Å². The van der Waals surface area contributed by atoms with Crippen LogP contribution in [-0.2, 0) is 25.5 Å². The van der Waals surface area contributed by atoms with E-state index >= 15 is 0 Å². The second-order valence-corrected chi connectivity index (χ2v) is 10.2. The van der Waals surface area contributed by atoms with E-state index < -0.39 is 66.9 Å². The van der Waals surface area contributed by atoms with Gasteiger partial charge in [0.05, 0.1) is 12.6 Å². The lowest BCUT2D eigenvalue weighted by molar-refractivity contribution is -0.144. The number of hydrogen-bond acceptors (Lipinski definition) is 10. The molecule has 0 unspecified atom stereocenters. The average Bonchev–Trinajstić information content (AvgIpc) is 3.29. The third-order valence-corrected chi connectivity index (χ3v) is 7.03. The molecule has 0 spiro atoms. The van der Waals surface area contributed by atoms with E-state index in [1.165, 1.54) is 19.2 Å². The number of amides is 2. The fraction of sp³-hybridized carbons (Fsp3) is 0.300. The van der Waals surface area contributed by atoms with Gasteiger partial charge in [-0.2, -0.15) is 4.98 Å². The van der Waals surface area contributed by atoms with Crippen molar-refractivity contribution in [2.75, 3.05) is 11.9 Å². The predicted molar refractivity (Wildman–Crippen MR) is 157 cm³/mol. The largest absolute Gasteiger partial charge is 0.480 e. The number of hydrogen-bond donors (Lipinski definition) is 6. The number of nitrogens with two attached hydrogens (primary N) is 1. The quantitative estimate of drug-likeness (QED) is 0.168. The van der Waals surface area contributed by atoms with Crippen LogP contribution in [0.5, 0.6) is 0 Å². The molecule has 0 aliphatic carbocycles. The van der Waals surface area contributed by atoms with Crippen molar-refractivity contribution >= 4 is 23.8 Å². The molecule has 6 atom stereocenters. The molecule has 14 nitrogen and oxygen atoms in total. The van der Waals surface area contributed by atoms with Gasteiger partial charge >= 0.3 is 17.8 Å². The number of carbonyl (C=O) groups is 3. The molecule has 0 saturated carbocycles. The first-order valence-corrected chi connectivity index (χ1v) is 13.6. The third-order valence-electron chi connectivity index (χ3n) is 7.03. The molecular weight excluding hydrogens is 574 g/mol. The van der Waals surface area contributed by atoms with Crippen LogP contribution in [0.15, 0.2) is 83.8 Å². The lowest BCUT2D eigenvalue weighted by Crippen LogP contribution is -2.54. The first-order chi connectivity index (χ1) is 21.0. The van der Waals surface area contributed by atoms with Crippen LogP contribution in [0.3, 0.4) is 0 Å². The van der Waals surface area contributed by atoms with Crippen LogP contribution < -0.4 is 22.1 Å². The van der Waals surface area contributed by atoms with Gasteiger partial charge in [-0.1, -0.05) is 61.2 Å². The molecule has 44 heavy (non-hydrogen) atoms. The van der Waals surface area contributed by atoms with Crippen molar-refractivity contribution < 1.29 is 39.2 Å². The van der Waals surface area contributed by atoms with Gasteiger partial charge in [0, 0.05) is 11.8 Å². The Balaban J connectivity index is 1.32. The van der Waals surface area contributed by atoms with Crippen LogP contribution in [0.1, 0.15) is 18.7 Å². The molecular formula is C30H33N5O9. The lowest BCUT2D eigenvalue weighted by atomic mass is 10.0. The van der Waals surface area contributed by atoms with Crippen LogP contribution in [0.4, 0.5) is 10.6 Å². The minimum atomic E-state index is -1.63. The van der Waals surface area contributed by atoms with Crippen molar-refractivity contribution in [3.8, 4) is 11.1 Å². The zero-order valence-electron chi connectivity index (χ0n) is 23.7. The lowest BCUT2D eigenvalue weighted by Gasteiger charge is -2.23. The number of aromatic nitrogens is 2. The van der Waals surface area contributed by atoms with Crippen LogP contribution in [0, 0.1) is 0 Å². The van der Waals surface area contributed by atoms with E-state index in [1.807, 2.05) is 54.6 Å². The number of carboxylic acids is 1. The Morgan fingerprint density at radius 3 is 2.36 bits per heavy atom.